The summed E-state index contributed by atoms with van der Waals surface area (Å²) in [6.07, 6.45) is 19.9. The average molecular weight is 521 g/mol. The average Bonchev–Trinajstić information content (AvgIpc) is 3.69. The number of rotatable bonds is 14. The number of ether oxygens (including phenoxy) is 5. The van der Waals surface area contributed by atoms with E-state index < -0.39 is 0 Å². The highest BCUT2D eigenvalue weighted by atomic mass is 16.6. The predicted octanol–water partition coefficient (Wildman–Crippen LogP) is 6.23. The molecule has 3 saturated carbocycles. The molecule has 0 N–H and O–H groups in total. The second kappa shape index (κ2) is 13.6. The molecule has 6 nitrogen and oxygen atoms in total. The summed E-state index contributed by atoms with van der Waals surface area (Å²) in [7, 11) is 0. The lowest BCUT2D eigenvalue weighted by Gasteiger charge is -2.40. The second-order valence-corrected chi connectivity index (χ2v) is 12.9. The van der Waals surface area contributed by atoms with Crippen molar-refractivity contribution in [1.82, 2.24) is 0 Å². The number of hydrogen-bond acceptors (Lipinski definition) is 6. The molecule has 0 radical (unpaired) electrons. The van der Waals surface area contributed by atoms with Crippen molar-refractivity contribution in [2.45, 2.75) is 134 Å². The second-order valence-electron chi connectivity index (χ2n) is 12.9. The molecule has 0 aromatic heterocycles. The SMILES string of the molecule is CCC1(COCCCCCCOC2CCC(C3CCC(OC(=O)C4CCC5OC5C4)CC3)CC2)COC1. The first-order valence-electron chi connectivity index (χ1n) is 15.8. The third-order valence-corrected chi connectivity index (χ3v) is 10.2. The fraction of sp³-hybridized carbons (Fsp3) is 0.968. The van der Waals surface area contributed by atoms with Crippen molar-refractivity contribution in [3.05, 3.63) is 0 Å². The van der Waals surface area contributed by atoms with Gasteiger partial charge < -0.3 is 23.7 Å². The van der Waals surface area contributed by atoms with E-state index in [1.54, 1.807) is 0 Å². The molecule has 37 heavy (non-hydrogen) atoms. The Kier molecular flexibility index (Phi) is 10.2. The van der Waals surface area contributed by atoms with E-state index in [0.717, 1.165) is 89.8 Å². The van der Waals surface area contributed by atoms with Crippen LogP contribution in [0.5, 0.6) is 0 Å². The van der Waals surface area contributed by atoms with Gasteiger partial charge in [0.2, 0.25) is 0 Å². The number of esters is 1. The van der Waals surface area contributed by atoms with E-state index in [1.807, 2.05) is 0 Å². The highest BCUT2D eigenvalue weighted by Crippen LogP contribution is 2.42. The van der Waals surface area contributed by atoms with Crippen molar-refractivity contribution in [3.8, 4) is 0 Å². The molecule has 6 heteroatoms. The summed E-state index contributed by atoms with van der Waals surface area (Å²) in [5, 5.41) is 0. The quantitative estimate of drug-likeness (QED) is 0.154. The minimum absolute atomic E-state index is 0.0489. The van der Waals surface area contributed by atoms with Gasteiger partial charge in [0.05, 0.1) is 44.1 Å². The van der Waals surface area contributed by atoms with E-state index in [1.165, 1.54) is 57.8 Å². The zero-order valence-corrected chi connectivity index (χ0v) is 23.3. The number of fused-ring (bicyclic) bond motifs is 1. The molecule has 5 fully saturated rings. The molecule has 0 aromatic rings. The molecule has 212 valence electrons. The Balaban J connectivity index is 0.851. The maximum atomic E-state index is 12.6. The van der Waals surface area contributed by atoms with Crippen LogP contribution in [0.4, 0.5) is 0 Å². The van der Waals surface area contributed by atoms with Crippen LogP contribution < -0.4 is 0 Å². The number of carbonyl (C=O) groups is 1. The summed E-state index contributed by atoms with van der Waals surface area (Å²) in [5.41, 5.74) is 0.311. The Hall–Kier alpha value is -0.690. The number of unbranched alkanes of at least 4 members (excludes halogenated alkanes) is 3. The lowest BCUT2D eigenvalue weighted by atomic mass is 9.72. The van der Waals surface area contributed by atoms with Crippen molar-refractivity contribution < 1.29 is 28.5 Å². The number of hydrogen-bond donors (Lipinski definition) is 0. The Bertz CT molecular complexity index is 686. The van der Waals surface area contributed by atoms with Crippen LogP contribution in [-0.4, -0.2) is 63.4 Å². The molecule has 0 aromatic carbocycles. The molecule has 3 atom stereocenters. The predicted molar refractivity (Wildman–Crippen MR) is 142 cm³/mol. The van der Waals surface area contributed by atoms with Crippen LogP contribution in [0.25, 0.3) is 0 Å². The molecule has 0 amide bonds. The Labute approximate surface area is 224 Å². The fourth-order valence-electron chi connectivity index (χ4n) is 7.26. The van der Waals surface area contributed by atoms with Crippen LogP contribution in [0.15, 0.2) is 0 Å². The van der Waals surface area contributed by atoms with Crippen molar-refractivity contribution >= 4 is 5.97 Å². The van der Waals surface area contributed by atoms with E-state index in [2.05, 4.69) is 6.92 Å². The number of carbonyl (C=O) groups excluding carboxylic acids is 1. The minimum atomic E-state index is 0.0489. The molecule has 0 spiro atoms. The van der Waals surface area contributed by atoms with Gasteiger partial charge in [-0.3, -0.25) is 4.79 Å². The Morgan fingerprint density at radius 2 is 1.46 bits per heavy atom. The minimum Gasteiger partial charge on any atom is -0.462 e. The van der Waals surface area contributed by atoms with Gasteiger partial charge in [0, 0.05) is 18.6 Å². The van der Waals surface area contributed by atoms with Crippen LogP contribution >= 0.6 is 0 Å². The lowest BCUT2D eigenvalue weighted by molar-refractivity contribution is -0.157. The van der Waals surface area contributed by atoms with Crippen LogP contribution in [0.3, 0.4) is 0 Å². The van der Waals surface area contributed by atoms with Crippen molar-refractivity contribution in [3.63, 3.8) is 0 Å². The van der Waals surface area contributed by atoms with Crippen molar-refractivity contribution in [1.29, 1.82) is 0 Å². The molecule has 2 aliphatic heterocycles. The van der Waals surface area contributed by atoms with Gasteiger partial charge in [0.1, 0.15) is 6.10 Å². The van der Waals surface area contributed by atoms with E-state index in [9.17, 15) is 4.79 Å². The Morgan fingerprint density at radius 1 is 0.784 bits per heavy atom. The van der Waals surface area contributed by atoms with Gasteiger partial charge in [0.15, 0.2) is 0 Å². The topological polar surface area (TPSA) is 66.5 Å². The monoisotopic (exact) mass is 520 g/mol. The molecule has 2 heterocycles. The van der Waals surface area contributed by atoms with Gasteiger partial charge in [-0.25, -0.2) is 0 Å². The van der Waals surface area contributed by atoms with Gasteiger partial charge in [-0.15, -0.1) is 0 Å². The third-order valence-electron chi connectivity index (χ3n) is 10.2. The van der Waals surface area contributed by atoms with Gasteiger partial charge >= 0.3 is 5.97 Å². The summed E-state index contributed by atoms with van der Waals surface area (Å²) in [6.45, 7) is 6.64. The van der Waals surface area contributed by atoms with Gasteiger partial charge in [-0.2, -0.15) is 0 Å². The van der Waals surface area contributed by atoms with E-state index in [0.29, 0.717) is 23.7 Å². The van der Waals surface area contributed by atoms with E-state index in [4.69, 9.17) is 23.7 Å². The molecule has 3 unspecified atom stereocenters. The first-order chi connectivity index (χ1) is 18.1. The van der Waals surface area contributed by atoms with Crippen molar-refractivity contribution in [2.24, 2.45) is 23.2 Å². The normalized spacial score (nSPS) is 36.8. The maximum absolute atomic E-state index is 12.6. The molecule has 5 aliphatic rings. The number of epoxide rings is 1. The molecular formula is C31H52O6. The van der Waals surface area contributed by atoms with Crippen LogP contribution in [0.2, 0.25) is 0 Å². The molecular weight excluding hydrogens is 468 g/mol. The molecule has 3 aliphatic carbocycles. The largest absolute Gasteiger partial charge is 0.462 e. The fourth-order valence-corrected chi connectivity index (χ4v) is 7.26. The van der Waals surface area contributed by atoms with E-state index in [-0.39, 0.29) is 18.0 Å². The van der Waals surface area contributed by atoms with Gasteiger partial charge in [-0.1, -0.05) is 19.8 Å². The molecule has 0 bridgehead atoms. The summed E-state index contributed by atoms with van der Waals surface area (Å²) in [6, 6.07) is 0. The zero-order chi connectivity index (χ0) is 25.5. The highest BCUT2D eigenvalue weighted by molar-refractivity contribution is 5.73. The van der Waals surface area contributed by atoms with Crippen LogP contribution in [0.1, 0.15) is 110 Å². The third kappa shape index (κ3) is 7.93. The summed E-state index contributed by atoms with van der Waals surface area (Å²) in [4.78, 5) is 12.6. The highest BCUT2D eigenvalue weighted by Gasteiger charge is 2.46. The maximum Gasteiger partial charge on any atom is 0.309 e. The summed E-state index contributed by atoms with van der Waals surface area (Å²) >= 11 is 0. The van der Waals surface area contributed by atoms with Gasteiger partial charge in [0.25, 0.3) is 0 Å². The smallest absolute Gasteiger partial charge is 0.309 e. The molecule has 5 rings (SSSR count). The van der Waals surface area contributed by atoms with Gasteiger partial charge in [-0.05, 0) is 102 Å². The van der Waals surface area contributed by atoms with Crippen molar-refractivity contribution in [2.75, 3.05) is 33.0 Å². The standard InChI is InChI=1S/C31H52O6/c1-2-31(21-34-22-31)20-33-17-5-3-4-6-18-35-26-12-7-23(8-13-26)24-9-14-27(15-10-24)36-30(32)25-11-16-28-29(19-25)37-28/h23-29H,2-22H2,1H3. The first kappa shape index (κ1) is 27.9. The van der Waals surface area contributed by atoms with E-state index >= 15 is 0 Å². The van der Waals surface area contributed by atoms with Crippen LogP contribution in [0, 0.1) is 23.2 Å². The summed E-state index contributed by atoms with van der Waals surface area (Å²) < 4.78 is 29.0. The molecule has 2 saturated heterocycles. The van der Waals surface area contributed by atoms with Crippen LogP contribution in [-0.2, 0) is 28.5 Å². The zero-order valence-electron chi connectivity index (χ0n) is 23.3. The lowest BCUT2D eigenvalue weighted by Crippen LogP contribution is -2.45. The Morgan fingerprint density at radius 3 is 2.08 bits per heavy atom. The summed E-state index contributed by atoms with van der Waals surface area (Å²) in [5.74, 6) is 1.79. The first-order valence-corrected chi connectivity index (χ1v) is 15.8.